The van der Waals surface area contributed by atoms with Gasteiger partial charge in [0.05, 0.1) is 13.5 Å². The van der Waals surface area contributed by atoms with Crippen molar-refractivity contribution in [3.63, 3.8) is 0 Å². The van der Waals surface area contributed by atoms with Crippen molar-refractivity contribution < 1.29 is 9.53 Å². The summed E-state index contributed by atoms with van der Waals surface area (Å²) in [6.45, 7) is 2.10. The third-order valence-corrected chi connectivity index (χ3v) is 3.97. The summed E-state index contributed by atoms with van der Waals surface area (Å²) in [5.41, 5.74) is 3.29. The highest BCUT2D eigenvalue weighted by molar-refractivity contribution is 5.97. The summed E-state index contributed by atoms with van der Waals surface area (Å²) in [5, 5.41) is 0. The molecule has 0 aromatic heterocycles. The second-order valence-corrected chi connectivity index (χ2v) is 5.47. The van der Waals surface area contributed by atoms with Crippen LogP contribution in [0.3, 0.4) is 0 Å². The highest BCUT2D eigenvalue weighted by Crippen LogP contribution is 2.32. The summed E-state index contributed by atoms with van der Waals surface area (Å²) in [5.74, 6) is 0.927. The molecule has 108 valence electrons. The standard InChI is InChI=1S/C18H19NO2/c1-13-10-15-7-3-4-9-17(15)19(13)18(20)12-14-6-5-8-16(11-14)21-2/h3-9,11,13H,10,12H2,1-2H3. The molecule has 1 amide bonds. The Morgan fingerprint density at radius 3 is 2.86 bits per heavy atom. The van der Waals surface area contributed by atoms with E-state index in [0.717, 1.165) is 23.4 Å². The van der Waals surface area contributed by atoms with Crippen molar-refractivity contribution in [2.24, 2.45) is 0 Å². The molecule has 3 heteroatoms. The van der Waals surface area contributed by atoms with Gasteiger partial charge in [0.1, 0.15) is 5.75 Å². The zero-order valence-corrected chi connectivity index (χ0v) is 12.4. The Balaban J connectivity index is 1.82. The Bertz CT molecular complexity index is 666. The van der Waals surface area contributed by atoms with Gasteiger partial charge in [-0.1, -0.05) is 30.3 Å². The number of fused-ring (bicyclic) bond motifs is 1. The fourth-order valence-electron chi connectivity index (χ4n) is 2.99. The number of carbonyl (C=O) groups is 1. The number of para-hydroxylation sites is 1. The maximum Gasteiger partial charge on any atom is 0.231 e. The van der Waals surface area contributed by atoms with Crippen LogP contribution in [0.2, 0.25) is 0 Å². The van der Waals surface area contributed by atoms with Gasteiger partial charge in [-0.2, -0.15) is 0 Å². The largest absolute Gasteiger partial charge is 0.497 e. The van der Waals surface area contributed by atoms with Crippen LogP contribution in [0.1, 0.15) is 18.1 Å². The smallest absolute Gasteiger partial charge is 0.231 e. The molecule has 0 saturated carbocycles. The Morgan fingerprint density at radius 2 is 2.05 bits per heavy atom. The van der Waals surface area contributed by atoms with Crippen LogP contribution in [0, 0.1) is 0 Å². The van der Waals surface area contributed by atoms with Gasteiger partial charge in [-0.15, -0.1) is 0 Å². The first kappa shape index (κ1) is 13.7. The average Bonchev–Trinajstić information content (AvgIpc) is 2.83. The van der Waals surface area contributed by atoms with Crippen LogP contribution >= 0.6 is 0 Å². The first-order valence-corrected chi connectivity index (χ1v) is 7.22. The molecule has 1 aliphatic rings. The molecule has 1 atom stereocenters. The predicted octanol–water partition coefficient (Wildman–Crippen LogP) is 3.22. The summed E-state index contributed by atoms with van der Waals surface area (Å²) in [7, 11) is 1.64. The van der Waals surface area contributed by atoms with E-state index in [1.807, 2.05) is 47.4 Å². The van der Waals surface area contributed by atoms with Crippen LogP contribution in [0.15, 0.2) is 48.5 Å². The van der Waals surface area contributed by atoms with E-state index in [4.69, 9.17) is 4.74 Å². The zero-order chi connectivity index (χ0) is 14.8. The van der Waals surface area contributed by atoms with Crippen molar-refractivity contribution in [2.75, 3.05) is 12.0 Å². The molecule has 0 N–H and O–H groups in total. The maximum absolute atomic E-state index is 12.7. The topological polar surface area (TPSA) is 29.5 Å². The lowest BCUT2D eigenvalue weighted by Crippen LogP contribution is -2.36. The third-order valence-electron chi connectivity index (χ3n) is 3.97. The number of ether oxygens (including phenoxy) is 1. The van der Waals surface area contributed by atoms with Gasteiger partial charge in [-0.3, -0.25) is 4.79 Å². The number of hydrogen-bond acceptors (Lipinski definition) is 2. The van der Waals surface area contributed by atoms with Gasteiger partial charge >= 0.3 is 0 Å². The lowest BCUT2D eigenvalue weighted by molar-refractivity contribution is -0.118. The molecule has 2 aromatic carbocycles. The average molecular weight is 281 g/mol. The molecule has 1 unspecified atom stereocenters. The molecule has 0 saturated heterocycles. The molecule has 2 aromatic rings. The van der Waals surface area contributed by atoms with Gasteiger partial charge in [0.2, 0.25) is 5.91 Å². The lowest BCUT2D eigenvalue weighted by Gasteiger charge is -2.23. The summed E-state index contributed by atoms with van der Waals surface area (Å²) in [4.78, 5) is 14.6. The minimum atomic E-state index is 0.140. The SMILES string of the molecule is COc1cccc(CC(=O)N2c3ccccc3CC2C)c1. The van der Waals surface area contributed by atoms with E-state index >= 15 is 0 Å². The Morgan fingerprint density at radius 1 is 1.24 bits per heavy atom. The molecule has 0 radical (unpaired) electrons. The quantitative estimate of drug-likeness (QED) is 0.864. The molecule has 0 bridgehead atoms. The number of amides is 1. The van der Waals surface area contributed by atoms with Crippen molar-refractivity contribution in [3.8, 4) is 5.75 Å². The second kappa shape index (κ2) is 5.60. The first-order valence-electron chi connectivity index (χ1n) is 7.22. The highest BCUT2D eigenvalue weighted by atomic mass is 16.5. The first-order chi connectivity index (χ1) is 10.2. The number of carbonyl (C=O) groups excluding carboxylic acids is 1. The van der Waals surface area contributed by atoms with Gasteiger partial charge in [0.15, 0.2) is 0 Å². The van der Waals surface area contributed by atoms with Gasteiger partial charge in [0.25, 0.3) is 0 Å². The highest BCUT2D eigenvalue weighted by Gasteiger charge is 2.30. The lowest BCUT2D eigenvalue weighted by atomic mass is 10.1. The van der Waals surface area contributed by atoms with Crippen molar-refractivity contribution in [3.05, 3.63) is 59.7 Å². The molecule has 21 heavy (non-hydrogen) atoms. The molecule has 0 fully saturated rings. The van der Waals surface area contributed by atoms with Crippen LogP contribution < -0.4 is 9.64 Å². The van der Waals surface area contributed by atoms with Crippen LogP contribution in [0.25, 0.3) is 0 Å². The van der Waals surface area contributed by atoms with Gasteiger partial charge in [-0.25, -0.2) is 0 Å². The minimum Gasteiger partial charge on any atom is -0.497 e. The van der Waals surface area contributed by atoms with Crippen molar-refractivity contribution >= 4 is 11.6 Å². The minimum absolute atomic E-state index is 0.140. The van der Waals surface area contributed by atoms with E-state index in [1.54, 1.807) is 7.11 Å². The van der Waals surface area contributed by atoms with Crippen LogP contribution in [-0.2, 0) is 17.6 Å². The third kappa shape index (κ3) is 2.64. The van der Waals surface area contributed by atoms with E-state index in [1.165, 1.54) is 5.56 Å². The Hall–Kier alpha value is -2.29. The van der Waals surface area contributed by atoms with Crippen LogP contribution in [0.5, 0.6) is 5.75 Å². The number of rotatable bonds is 3. The summed E-state index contributed by atoms with van der Waals surface area (Å²) in [6.07, 6.45) is 1.33. The van der Waals surface area contributed by atoms with E-state index < -0.39 is 0 Å². The molecule has 1 heterocycles. The maximum atomic E-state index is 12.7. The Labute approximate surface area is 125 Å². The number of hydrogen-bond donors (Lipinski definition) is 0. The van der Waals surface area contributed by atoms with Crippen molar-refractivity contribution in [2.45, 2.75) is 25.8 Å². The summed E-state index contributed by atoms with van der Waals surface area (Å²) < 4.78 is 5.21. The molecular formula is C18H19NO2. The predicted molar refractivity (Wildman–Crippen MR) is 83.8 cm³/mol. The number of anilines is 1. The van der Waals surface area contributed by atoms with E-state index in [2.05, 4.69) is 13.0 Å². The van der Waals surface area contributed by atoms with Gasteiger partial charge in [-0.05, 0) is 42.7 Å². The van der Waals surface area contributed by atoms with Crippen LogP contribution in [-0.4, -0.2) is 19.1 Å². The fraction of sp³-hybridized carbons (Fsp3) is 0.278. The number of nitrogens with zero attached hydrogens (tertiary/aromatic N) is 1. The van der Waals surface area contributed by atoms with Crippen molar-refractivity contribution in [1.82, 2.24) is 0 Å². The van der Waals surface area contributed by atoms with Crippen molar-refractivity contribution in [1.29, 1.82) is 0 Å². The van der Waals surface area contributed by atoms with Gasteiger partial charge in [0, 0.05) is 11.7 Å². The molecule has 0 spiro atoms. The molecule has 0 aliphatic carbocycles. The Kier molecular flexibility index (Phi) is 3.65. The van der Waals surface area contributed by atoms with E-state index in [-0.39, 0.29) is 11.9 Å². The van der Waals surface area contributed by atoms with Gasteiger partial charge < -0.3 is 9.64 Å². The molecule has 3 nitrogen and oxygen atoms in total. The number of methoxy groups -OCH3 is 1. The molecule has 3 rings (SSSR count). The zero-order valence-electron chi connectivity index (χ0n) is 12.4. The molecular weight excluding hydrogens is 262 g/mol. The van der Waals surface area contributed by atoms with E-state index in [9.17, 15) is 4.79 Å². The second-order valence-electron chi connectivity index (χ2n) is 5.47. The normalized spacial score (nSPS) is 16.7. The monoisotopic (exact) mass is 281 g/mol. The summed E-state index contributed by atoms with van der Waals surface area (Å²) in [6, 6.07) is 16.1. The summed E-state index contributed by atoms with van der Waals surface area (Å²) >= 11 is 0. The van der Waals surface area contributed by atoms with Crippen LogP contribution in [0.4, 0.5) is 5.69 Å². The van der Waals surface area contributed by atoms with E-state index in [0.29, 0.717) is 6.42 Å². The number of benzene rings is 2. The fourth-order valence-corrected chi connectivity index (χ4v) is 2.99. The molecule has 1 aliphatic heterocycles.